The van der Waals surface area contributed by atoms with Crippen LogP contribution >= 0.6 is 0 Å². The minimum absolute atomic E-state index is 0.0597. The molecule has 3 aromatic rings. The zero-order valence-electron chi connectivity index (χ0n) is 15.5. The van der Waals surface area contributed by atoms with Gasteiger partial charge in [-0.05, 0) is 53.9 Å². The second kappa shape index (κ2) is 8.73. The number of pyridine rings is 1. The second-order valence-corrected chi connectivity index (χ2v) is 7.81. The Balaban J connectivity index is 1.89. The van der Waals surface area contributed by atoms with E-state index < -0.39 is 10.8 Å². The molecule has 0 fully saturated rings. The molecule has 1 atom stereocenters. The lowest BCUT2D eigenvalue weighted by Crippen LogP contribution is -2.30. The lowest BCUT2D eigenvalue weighted by Gasteiger charge is -2.24. The van der Waals surface area contributed by atoms with Crippen LogP contribution in [0.25, 0.3) is 0 Å². The molecule has 27 heavy (non-hydrogen) atoms. The van der Waals surface area contributed by atoms with Crippen molar-refractivity contribution in [2.45, 2.75) is 24.9 Å². The standard InChI is InChI=1S/C22H22N2O2S/c1-17-6-3-4-8-20(17)16-24(15-18-7-5-13-23-14-18)22(25)19-9-11-21(12-10-19)27(2)26/h3-14H,15-16H2,1-2H3. The Kier molecular flexibility index (Phi) is 6.14. The molecule has 2 aromatic carbocycles. The van der Waals surface area contributed by atoms with E-state index in [1.54, 1.807) is 42.9 Å². The fourth-order valence-corrected chi connectivity index (χ4v) is 3.40. The van der Waals surface area contributed by atoms with Gasteiger partial charge in [-0.25, -0.2) is 0 Å². The number of carbonyl (C=O) groups excluding carboxylic acids is 1. The maximum Gasteiger partial charge on any atom is 0.254 e. The van der Waals surface area contributed by atoms with E-state index in [0.717, 1.165) is 16.7 Å². The van der Waals surface area contributed by atoms with E-state index in [0.29, 0.717) is 23.5 Å². The van der Waals surface area contributed by atoms with Crippen molar-refractivity contribution in [2.75, 3.05) is 6.26 Å². The molecule has 1 unspecified atom stereocenters. The van der Waals surface area contributed by atoms with Gasteiger partial charge in [-0.15, -0.1) is 0 Å². The third-order valence-corrected chi connectivity index (χ3v) is 5.38. The van der Waals surface area contributed by atoms with Crippen LogP contribution in [0.5, 0.6) is 0 Å². The molecule has 4 nitrogen and oxygen atoms in total. The predicted octanol–water partition coefficient (Wildman–Crippen LogP) is 3.97. The molecule has 0 spiro atoms. The molecular weight excluding hydrogens is 356 g/mol. The first kappa shape index (κ1) is 19.0. The fraction of sp³-hybridized carbons (Fsp3) is 0.182. The molecule has 0 saturated heterocycles. The Morgan fingerprint density at radius 1 is 1.00 bits per heavy atom. The summed E-state index contributed by atoms with van der Waals surface area (Å²) in [5.41, 5.74) is 3.83. The molecule has 1 heterocycles. The minimum atomic E-state index is -1.06. The van der Waals surface area contributed by atoms with Crippen molar-refractivity contribution >= 4 is 16.7 Å². The van der Waals surface area contributed by atoms with Gasteiger partial charge in [-0.1, -0.05) is 30.3 Å². The summed E-state index contributed by atoms with van der Waals surface area (Å²) in [5.74, 6) is -0.0597. The number of benzene rings is 2. The molecule has 0 saturated carbocycles. The van der Waals surface area contributed by atoms with Gasteiger partial charge in [0.15, 0.2) is 0 Å². The molecule has 0 bridgehead atoms. The number of hydrogen-bond donors (Lipinski definition) is 0. The van der Waals surface area contributed by atoms with Gasteiger partial charge in [0, 0.05) is 53.0 Å². The Morgan fingerprint density at radius 3 is 2.37 bits per heavy atom. The van der Waals surface area contributed by atoms with Crippen LogP contribution in [0.2, 0.25) is 0 Å². The van der Waals surface area contributed by atoms with Crippen LogP contribution in [0.3, 0.4) is 0 Å². The third-order valence-electron chi connectivity index (χ3n) is 4.44. The fourth-order valence-electron chi connectivity index (χ4n) is 2.88. The Labute approximate surface area is 162 Å². The lowest BCUT2D eigenvalue weighted by atomic mass is 10.1. The summed E-state index contributed by atoms with van der Waals surface area (Å²) in [5, 5.41) is 0. The van der Waals surface area contributed by atoms with Crippen molar-refractivity contribution in [1.29, 1.82) is 0 Å². The number of nitrogens with zero attached hydrogens (tertiary/aromatic N) is 2. The van der Waals surface area contributed by atoms with E-state index in [1.807, 2.05) is 48.2 Å². The number of amides is 1. The van der Waals surface area contributed by atoms with Gasteiger partial charge < -0.3 is 4.90 Å². The zero-order chi connectivity index (χ0) is 19.2. The largest absolute Gasteiger partial charge is 0.330 e. The Bertz CT molecular complexity index is 940. The summed E-state index contributed by atoms with van der Waals surface area (Å²) in [7, 11) is -1.06. The molecule has 1 aromatic heterocycles. The molecule has 138 valence electrons. The quantitative estimate of drug-likeness (QED) is 0.652. The summed E-state index contributed by atoms with van der Waals surface area (Å²) in [6.07, 6.45) is 5.13. The van der Waals surface area contributed by atoms with Gasteiger partial charge in [-0.3, -0.25) is 14.0 Å². The summed E-state index contributed by atoms with van der Waals surface area (Å²) < 4.78 is 11.6. The van der Waals surface area contributed by atoms with Crippen LogP contribution in [0.4, 0.5) is 0 Å². The van der Waals surface area contributed by atoms with Gasteiger partial charge in [0.2, 0.25) is 0 Å². The van der Waals surface area contributed by atoms with Crippen LogP contribution in [-0.2, 0) is 23.9 Å². The predicted molar refractivity (Wildman–Crippen MR) is 108 cm³/mol. The van der Waals surface area contributed by atoms with Gasteiger partial charge in [0.25, 0.3) is 5.91 Å². The SMILES string of the molecule is Cc1ccccc1CN(Cc1cccnc1)C(=O)c1ccc(S(C)=O)cc1. The van der Waals surface area contributed by atoms with E-state index in [1.165, 1.54) is 0 Å². The monoisotopic (exact) mass is 378 g/mol. The topological polar surface area (TPSA) is 50.3 Å². The summed E-state index contributed by atoms with van der Waals surface area (Å²) >= 11 is 0. The van der Waals surface area contributed by atoms with E-state index in [4.69, 9.17) is 0 Å². The Morgan fingerprint density at radius 2 is 1.74 bits per heavy atom. The average molecular weight is 378 g/mol. The summed E-state index contributed by atoms with van der Waals surface area (Å²) in [6.45, 7) is 3.04. The number of aromatic nitrogens is 1. The maximum atomic E-state index is 13.2. The number of carbonyl (C=O) groups is 1. The van der Waals surface area contributed by atoms with Gasteiger partial charge >= 0.3 is 0 Å². The molecule has 3 rings (SSSR count). The smallest absolute Gasteiger partial charge is 0.254 e. The van der Waals surface area contributed by atoms with E-state index >= 15 is 0 Å². The van der Waals surface area contributed by atoms with Crippen LogP contribution in [0, 0.1) is 6.92 Å². The van der Waals surface area contributed by atoms with Gasteiger partial charge in [-0.2, -0.15) is 0 Å². The van der Waals surface area contributed by atoms with Crippen LogP contribution in [0.1, 0.15) is 27.0 Å². The molecule has 5 heteroatoms. The normalized spacial score (nSPS) is 11.8. The first-order chi connectivity index (χ1) is 13.0. The molecule has 0 aliphatic heterocycles. The highest BCUT2D eigenvalue weighted by Crippen LogP contribution is 2.17. The average Bonchev–Trinajstić information content (AvgIpc) is 2.69. The van der Waals surface area contributed by atoms with Crippen LogP contribution < -0.4 is 0 Å². The third kappa shape index (κ3) is 4.89. The highest BCUT2D eigenvalue weighted by Gasteiger charge is 2.18. The summed E-state index contributed by atoms with van der Waals surface area (Å²) in [6, 6.07) is 18.9. The molecule has 0 aliphatic carbocycles. The zero-order valence-corrected chi connectivity index (χ0v) is 16.3. The summed E-state index contributed by atoms with van der Waals surface area (Å²) in [4.78, 5) is 19.9. The molecular formula is C22H22N2O2S. The second-order valence-electron chi connectivity index (χ2n) is 6.43. The molecule has 0 aliphatic rings. The first-order valence-corrected chi connectivity index (χ1v) is 10.3. The highest BCUT2D eigenvalue weighted by atomic mass is 32.2. The van der Waals surface area contributed by atoms with Crippen molar-refractivity contribution < 1.29 is 9.00 Å². The number of rotatable bonds is 6. The molecule has 1 amide bonds. The van der Waals surface area contributed by atoms with Crippen LogP contribution in [-0.4, -0.2) is 26.3 Å². The lowest BCUT2D eigenvalue weighted by molar-refractivity contribution is 0.0729. The molecule has 0 radical (unpaired) electrons. The van der Waals surface area contributed by atoms with Gasteiger partial charge in [0.05, 0.1) is 0 Å². The van der Waals surface area contributed by atoms with Crippen molar-refractivity contribution in [1.82, 2.24) is 9.88 Å². The minimum Gasteiger partial charge on any atom is -0.330 e. The maximum absolute atomic E-state index is 13.2. The van der Waals surface area contributed by atoms with E-state index in [2.05, 4.69) is 4.98 Å². The van der Waals surface area contributed by atoms with Crippen molar-refractivity contribution in [2.24, 2.45) is 0 Å². The first-order valence-electron chi connectivity index (χ1n) is 8.71. The van der Waals surface area contributed by atoms with Crippen LogP contribution in [0.15, 0.2) is 78.0 Å². The van der Waals surface area contributed by atoms with E-state index in [-0.39, 0.29) is 5.91 Å². The van der Waals surface area contributed by atoms with E-state index in [9.17, 15) is 9.00 Å². The van der Waals surface area contributed by atoms with Crippen molar-refractivity contribution in [3.63, 3.8) is 0 Å². The van der Waals surface area contributed by atoms with Crippen molar-refractivity contribution in [3.05, 3.63) is 95.3 Å². The highest BCUT2D eigenvalue weighted by molar-refractivity contribution is 7.84. The Hall–Kier alpha value is -2.79. The molecule has 0 N–H and O–H groups in total. The van der Waals surface area contributed by atoms with Crippen molar-refractivity contribution in [3.8, 4) is 0 Å². The van der Waals surface area contributed by atoms with Gasteiger partial charge in [0.1, 0.15) is 0 Å². The number of hydrogen-bond acceptors (Lipinski definition) is 3. The number of aryl methyl sites for hydroxylation is 1.